The molecule has 264 valence electrons. The van der Waals surface area contributed by atoms with Crippen LogP contribution >= 0.6 is 0 Å². The zero-order valence-corrected chi connectivity index (χ0v) is 30.2. The zero-order valence-electron chi connectivity index (χ0n) is 30.2. The summed E-state index contributed by atoms with van der Waals surface area (Å²) in [5.41, 5.74) is 10.4. The topological polar surface area (TPSA) is 129 Å². The molecule has 6 rings (SSSR count). The molecule has 0 aromatic heterocycles. The highest BCUT2D eigenvalue weighted by Crippen LogP contribution is 2.61. The van der Waals surface area contributed by atoms with Crippen molar-refractivity contribution in [1.29, 1.82) is 0 Å². The highest BCUT2D eigenvalue weighted by atomic mass is 16.7. The van der Waals surface area contributed by atoms with E-state index in [2.05, 4.69) is 45.3 Å². The van der Waals surface area contributed by atoms with Crippen molar-refractivity contribution in [1.82, 2.24) is 15.7 Å². The van der Waals surface area contributed by atoms with Gasteiger partial charge >= 0.3 is 0 Å². The fraction of sp³-hybridized carbons (Fsp3) is 0.632. The molecule has 48 heavy (non-hydrogen) atoms. The van der Waals surface area contributed by atoms with Crippen LogP contribution in [-0.4, -0.2) is 80.6 Å². The summed E-state index contributed by atoms with van der Waals surface area (Å²) in [5.74, 6) is 1.73. The molecule has 2 bridgehead atoms. The number of rotatable bonds is 12. The molecule has 4 aliphatic rings. The lowest BCUT2D eigenvalue weighted by Crippen LogP contribution is -2.62. The average molecular weight is 664 g/mol. The Labute approximate surface area is 286 Å². The van der Waals surface area contributed by atoms with Crippen LogP contribution in [0.5, 0.6) is 5.75 Å². The molecule has 3 saturated carbocycles. The molecule has 10 nitrogen and oxygen atoms in total. The SMILES string of the molecule is COc1c(CN2O[C@@H](CN)C(C(C)O)[C@H]2C(=O)N[C@H]2C[C@H]3C[C@@H]([C@@H]2C)C3(C)C)cccc1-c1cc(C(=O)NCC(C)C)cc(N(C)C)c1. The van der Waals surface area contributed by atoms with Gasteiger partial charge in [0.15, 0.2) is 0 Å². The van der Waals surface area contributed by atoms with Crippen LogP contribution in [0.3, 0.4) is 0 Å². The molecule has 10 heteroatoms. The first-order chi connectivity index (χ1) is 22.7. The Hall–Kier alpha value is -3.18. The number of para-hydroxylation sites is 1. The molecule has 2 aromatic rings. The van der Waals surface area contributed by atoms with Crippen LogP contribution in [0, 0.1) is 35.0 Å². The van der Waals surface area contributed by atoms with Gasteiger partial charge in [-0.2, -0.15) is 5.06 Å². The first kappa shape index (κ1) is 36.1. The molecule has 2 amide bonds. The summed E-state index contributed by atoms with van der Waals surface area (Å²) in [6, 6.07) is 11.0. The van der Waals surface area contributed by atoms with Crippen LogP contribution < -0.4 is 26.0 Å². The smallest absolute Gasteiger partial charge is 0.251 e. The van der Waals surface area contributed by atoms with E-state index in [0.29, 0.717) is 46.9 Å². The zero-order chi connectivity index (χ0) is 35.1. The third-order valence-corrected chi connectivity index (χ3v) is 11.4. The van der Waals surface area contributed by atoms with Crippen LogP contribution in [0.2, 0.25) is 0 Å². The molecule has 4 fully saturated rings. The summed E-state index contributed by atoms with van der Waals surface area (Å²) >= 11 is 0. The number of benzene rings is 2. The number of aliphatic hydroxyl groups excluding tert-OH is 1. The minimum atomic E-state index is -0.808. The van der Waals surface area contributed by atoms with E-state index in [1.165, 1.54) is 6.42 Å². The molecular weight excluding hydrogens is 606 g/mol. The molecule has 1 heterocycles. The highest BCUT2D eigenvalue weighted by Gasteiger charge is 2.57. The van der Waals surface area contributed by atoms with Crippen LogP contribution in [0.25, 0.3) is 11.1 Å². The van der Waals surface area contributed by atoms with Crippen molar-refractivity contribution in [3.05, 3.63) is 47.5 Å². The van der Waals surface area contributed by atoms with Gasteiger partial charge in [0, 0.05) is 61.5 Å². The Balaban J connectivity index is 1.45. The quantitative estimate of drug-likeness (QED) is 0.263. The maximum atomic E-state index is 14.2. The van der Waals surface area contributed by atoms with Crippen molar-refractivity contribution in [2.24, 2.45) is 40.7 Å². The van der Waals surface area contributed by atoms with E-state index < -0.39 is 24.2 Å². The van der Waals surface area contributed by atoms with Crippen molar-refractivity contribution in [3.63, 3.8) is 0 Å². The number of aliphatic hydroxyl groups is 1. The first-order valence-corrected chi connectivity index (χ1v) is 17.6. The second kappa shape index (κ2) is 14.4. The van der Waals surface area contributed by atoms with Crippen molar-refractivity contribution in [2.45, 2.75) is 85.2 Å². The van der Waals surface area contributed by atoms with Crippen molar-refractivity contribution < 1.29 is 24.3 Å². The van der Waals surface area contributed by atoms with E-state index in [1.54, 1.807) is 19.1 Å². The number of hydroxylamine groups is 2. The van der Waals surface area contributed by atoms with Crippen molar-refractivity contribution in [2.75, 3.05) is 39.2 Å². The summed E-state index contributed by atoms with van der Waals surface area (Å²) in [5, 5.41) is 19.0. The van der Waals surface area contributed by atoms with Crippen LogP contribution in [-0.2, 0) is 16.2 Å². The third kappa shape index (κ3) is 6.95. The Morgan fingerprint density at radius 2 is 1.90 bits per heavy atom. The van der Waals surface area contributed by atoms with Gasteiger partial charge in [0.1, 0.15) is 11.8 Å². The summed E-state index contributed by atoms with van der Waals surface area (Å²) in [6.45, 7) is 13.8. The van der Waals surface area contributed by atoms with Crippen molar-refractivity contribution in [3.8, 4) is 16.9 Å². The van der Waals surface area contributed by atoms with E-state index in [0.717, 1.165) is 28.8 Å². The van der Waals surface area contributed by atoms with Gasteiger partial charge in [-0.25, -0.2) is 0 Å². The van der Waals surface area contributed by atoms with Gasteiger partial charge < -0.3 is 31.1 Å². The molecule has 2 unspecified atom stereocenters. The minimum Gasteiger partial charge on any atom is -0.496 e. The molecule has 2 aromatic carbocycles. The lowest BCUT2D eigenvalue weighted by Gasteiger charge is -2.62. The second-order valence-corrected chi connectivity index (χ2v) is 15.6. The Morgan fingerprint density at radius 3 is 2.48 bits per heavy atom. The number of hydrogen-bond donors (Lipinski definition) is 4. The predicted octanol–water partition coefficient (Wildman–Crippen LogP) is 4.44. The van der Waals surface area contributed by atoms with Gasteiger partial charge in [0.05, 0.1) is 25.9 Å². The standard InChI is InChI=1S/C38H57N5O5/c1-21(2)19-40-36(45)26-13-25(14-28(15-26)42(7)8)29-12-10-11-24(35(29)47-9)20-43-34(33(23(4)44)32(18-39)48-43)37(46)41-31-17-27-16-30(22(31)3)38(27,5)6/h10-15,21-23,27,30-34,44H,16-20,39H2,1-9H3,(H,40,45)(H,41,46)/t22-,23?,27+,30-,31-,32-,33?,34-/m0/s1. The molecule has 0 spiro atoms. The minimum absolute atomic E-state index is 0.0801. The number of hydrogen-bond acceptors (Lipinski definition) is 8. The maximum absolute atomic E-state index is 14.2. The Morgan fingerprint density at radius 1 is 1.17 bits per heavy atom. The van der Waals surface area contributed by atoms with Gasteiger partial charge in [0.2, 0.25) is 5.91 Å². The maximum Gasteiger partial charge on any atom is 0.251 e. The largest absolute Gasteiger partial charge is 0.496 e. The number of amides is 2. The summed E-state index contributed by atoms with van der Waals surface area (Å²) < 4.78 is 6.04. The van der Waals surface area contributed by atoms with E-state index in [1.807, 2.05) is 55.4 Å². The lowest BCUT2D eigenvalue weighted by atomic mass is 9.45. The van der Waals surface area contributed by atoms with Gasteiger partial charge in [-0.1, -0.05) is 52.8 Å². The number of nitrogens with one attached hydrogen (secondary N) is 2. The summed E-state index contributed by atoms with van der Waals surface area (Å²) in [6.07, 6.45) is 0.859. The Bertz CT molecular complexity index is 1480. The number of ether oxygens (including phenoxy) is 1. The number of fused-ring (bicyclic) bond motifs is 2. The number of nitrogens with zero attached hydrogens (tertiary/aromatic N) is 2. The molecule has 1 aliphatic heterocycles. The summed E-state index contributed by atoms with van der Waals surface area (Å²) in [7, 11) is 5.52. The van der Waals surface area contributed by atoms with Gasteiger partial charge in [-0.15, -0.1) is 0 Å². The van der Waals surface area contributed by atoms with E-state index >= 15 is 0 Å². The predicted molar refractivity (Wildman–Crippen MR) is 189 cm³/mol. The molecular formula is C38H57N5O5. The average Bonchev–Trinajstić information content (AvgIpc) is 3.42. The normalized spacial score (nSPS) is 28.5. The second-order valence-electron chi connectivity index (χ2n) is 15.6. The van der Waals surface area contributed by atoms with Crippen LogP contribution in [0.4, 0.5) is 5.69 Å². The number of carbonyl (C=O) groups excluding carboxylic acids is 2. The molecule has 5 N–H and O–H groups in total. The highest BCUT2D eigenvalue weighted by molar-refractivity contribution is 5.97. The van der Waals surface area contributed by atoms with E-state index in [9.17, 15) is 14.7 Å². The van der Waals surface area contributed by atoms with Gasteiger partial charge in [0.25, 0.3) is 5.91 Å². The number of anilines is 1. The first-order valence-electron chi connectivity index (χ1n) is 17.6. The molecule has 3 aliphatic carbocycles. The Kier molecular flexibility index (Phi) is 10.8. The van der Waals surface area contributed by atoms with Gasteiger partial charge in [-0.05, 0) is 72.6 Å². The third-order valence-electron chi connectivity index (χ3n) is 11.4. The number of methoxy groups -OCH3 is 1. The molecule has 1 saturated heterocycles. The monoisotopic (exact) mass is 663 g/mol. The van der Waals surface area contributed by atoms with E-state index in [4.69, 9.17) is 15.3 Å². The molecule has 0 radical (unpaired) electrons. The van der Waals surface area contributed by atoms with Crippen LogP contribution in [0.15, 0.2) is 36.4 Å². The number of carbonyl (C=O) groups is 2. The van der Waals surface area contributed by atoms with Crippen LogP contribution in [0.1, 0.15) is 70.3 Å². The lowest BCUT2D eigenvalue weighted by molar-refractivity contribution is -0.175. The molecule has 8 atom stereocenters. The summed E-state index contributed by atoms with van der Waals surface area (Å²) in [4.78, 5) is 35.7. The fourth-order valence-electron chi connectivity index (χ4n) is 8.43. The van der Waals surface area contributed by atoms with Gasteiger partial charge in [-0.3, -0.25) is 14.4 Å². The van der Waals surface area contributed by atoms with Crippen molar-refractivity contribution >= 4 is 17.5 Å². The fourth-order valence-corrected chi connectivity index (χ4v) is 8.43. The number of nitrogens with two attached hydrogens (primary N) is 1. The van der Waals surface area contributed by atoms with E-state index in [-0.39, 0.29) is 30.9 Å².